The molecular weight excluding hydrogens is 388 g/mol. The van der Waals surface area contributed by atoms with E-state index >= 15 is 0 Å². The standard InChI is InChI=1S/C25H24N4O2/c1-2-5-23-28-21-12-13-27-15-22(30)24(21)25(31)29(23)16-17-8-10-18(11-9-17)20-7-4-3-6-19(20)14-26/h3-4,6-11,15,27,30H,2,5,12-13,16H2,1H3. The molecule has 1 aliphatic heterocycles. The van der Waals surface area contributed by atoms with Crippen LogP contribution in [0.2, 0.25) is 0 Å². The van der Waals surface area contributed by atoms with Gasteiger partial charge in [-0.1, -0.05) is 49.4 Å². The van der Waals surface area contributed by atoms with Crippen LogP contribution in [-0.4, -0.2) is 21.2 Å². The number of aliphatic hydroxyl groups excluding tert-OH is 1. The van der Waals surface area contributed by atoms with Crippen LogP contribution in [0.3, 0.4) is 0 Å². The molecule has 4 rings (SSSR count). The van der Waals surface area contributed by atoms with E-state index in [2.05, 4.69) is 18.3 Å². The Morgan fingerprint density at radius 2 is 1.97 bits per heavy atom. The molecule has 6 heteroatoms. The molecule has 0 spiro atoms. The average Bonchev–Trinajstić information content (AvgIpc) is 2.98. The van der Waals surface area contributed by atoms with Crippen molar-refractivity contribution in [3.63, 3.8) is 0 Å². The van der Waals surface area contributed by atoms with Crippen LogP contribution >= 0.6 is 0 Å². The average molecular weight is 412 g/mol. The minimum absolute atomic E-state index is 0.0646. The number of benzene rings is 2. The van der Waals surface area contributed by atoms with Crippen LogP contribution in [0.1, 0.15) is 41.6 Å². The molecule has 0 saturated carbocycles. The largest absolute Gasteiger partial charge is 0.506 e. The number of aryl methyl sites for hydroxylation is 1. The van der Waals surface area contributed by atoms with Gasteiger partial charge in [0.05, 0.1) is 23.9 Å². The molecule has 3 aromatic rings. The Balaban J connectivity index is 1.72. The molecule has 0 fully saturated rings. The molecule has 0 saturated heterocycles. The van der Waals surface area contributed by atoms with Crippen LogP contribution in [-0.2, 0) is 19.4 Å². The molecule has 156 valence electrons. The van der Waals surface area contributed by atoms with Crippen molar-refractivity contribution in [2.75, 3.05) is 6.54 Å². The molecule has 6 nitrogen and oxygen atoms in total. The van der Waals surface area contributed by atoms with Crippen molar-refractivity contribution in [2.24, 2.45) is 0 Å². The topological polar surface area (TPSA) is 90.9 Å². The summed E-state index contributed by atoms with van der Waals surface area (Å²) in [4.78, 5) is 18.1. The second kappa shape index (κ2) is 8.88. The number of aliphatic hydroxyl groups is 1. The first-order valence-corrected chi connectivity index (χ1v) is 10.5. The molecule has 0 atom stereocenters. The van der Waals surface area contributed by atoms with Gasteiger partial charge in [0.15, 0.2) is 0 Å². The van der Waals surface area contributed by atoms with E-state index in [1.807, 2.05) is 42.5 Å². The summed E-state index contributed by atoms with van der Waals surface area (Å²) in [5.74, 6) is 0.671. The molecule has 2 heterocycles. The van der Waals surface area contributed by atoms with Gasteiger partial charge in [0.1, 0.15) is 17.1 Å². The summed E-state index contributed by atoms with van der Waals surface area (Å²) < 4.78 is 1.66. The number of hydrogen-bond donors (Lipinski definition) is 2. The van der Waals surface area contributed by atoms with Crippen molar-refractivity contribution in [3.8, 4) is 17.2 Å². The predicted octanol–water partition coefficient (Wildman–Crippen LogP) is 3.78. The molecular formula is C25H24N4O2. The summed E-state index contributed by atoms with van der Waals surface area (Å²) in [7, 11) is 0. The minimum Gasteiger partial charge on any atom is -0.506 e. The van der Waals surface area contributed by atoms with Crippen molar-refractivity contribution >= 4 is 5.76 Å². The fourth-order valence-electron chi connectivity index (χ4n) is 3.90. The first-order valence-electron chi connectivity index (χ1n) is 10.5. The van der Waals surface area contributed by atoms with E-state index in [1.54, 1.807) is 10.6 Å². The summed E-state index contributed by atoms with van der Waals surface area (Å²) in [5.41, 5.74) is 4.13. The Morgan fingerprint density at radius 1 is 1.19 bits per heavy atom. The molecule has 31 heavy (non-hydrogen) atoms. The third-order valence-electron chi connectivity index (χ3n) is 5.45. The molecule has 0 radical (unpaired) electrons. The van der Waals surface area contributed by atoms with Gasteiger partial charge in [0.2, 0.25) is 0 Å². The van der Waals surface area contributed by atoms with Gasteiger partial charge < -0.3 is 10.4 Å². The molecule has 0 bridgehead atoms. The zero-order valence-corrected chi connectivity index (χ0v) is 17.4. The van der Waals surface area contributed by atoms with Crippen LogP contribution in [0.25, 0.3) is 16.9 Å². The van der Waals surface area contributed by atoms with E-state index in [1.165, 1.54) is 6.20 Å². The van der Waals surface area contributed by atoms with Crippen LogP contribution in [0.15, 0.2) is 59.5 Å². The first kappa shape index (κ1) is 20.4. The Morgan fingerprint density at radius 3 is 2.71 bits per heavy atom. The van der Waals surface area contributed by atoms with Crippen LogP contribution in [0, 0.1) is 11.3 Å². The Bertz CT molecular complexity index is 1230. The minimum atomic E-state index is -0.218. The highest BCUT2D eigenvalue weighted by molar-refractivity contribution is 5.70. The van der Waals surface area contributed by atoms with E-state index in [9.17, 15) is 15.2 Å². The van der Waals surface area contributed by atoms with Crippen molar-refractivity contribution in [2.45, 2.75) is 32.7 Å². The normalized spacial score (nSPS) is 12.8. The van der Waals surface area contributed by atoms with Gasteiger partial charge in [-0.05, 0) is 29.2 Å². The molecule has 1 aromatic heterocycles. The van der Waals surface area contributed by atoms with Gasteiger partial charge in [-0.15, -0.1) is 0 Å². The number of nitriles is 1. The number of aromatic nitrogens is 2. The second-order valence-corrected chi connectivity index (χ2v) is 7.58. The fourth-order valence-corrected chi connectivity index (χ4v) is 3.90. The van der Waals surface area contributed by atoms with Crippen molar-refractivity contribution in [1.29, 1.82) is 5.26 Å². The number of nitrogens with one attached hydrogen (secondary N) is 1. The van der Waals surface area contributed by atoms with E-state index in [4.69, 9.17) is 4.98 Å². The van der Waals surface area contributed by atoms with Gasteiger partial charge in [0.25, 0.3) is 5.56 Å². The quantitative estimate of drug-likeness (QED) is 0.665. The van der Waals surface area contributed by atoms with E-state index in [-0.39, 0.29) is 16.9 Å². The van der Waals surface area contributed by atoms with Crippen LogP contribution in [0.4, 0.5) is 0 Å². The highest BCUT2D eigenvalue weighted by Gasteiger charge is 2.21. The van der Waals surface area contributed by atoms with Crippen molar-refractivity contribution < 1.29 is 5.11 Å². The summed E-state index contributed by atoms with van der Waals surface area (Å²) in [6.45, 7) is 3.06. The number of fused-ring (bicyclic) bond motifs is 1. The predicted molar refractivity (Wildman–Crippen MR) is 120 cm³/mol. The van der Waals surface area contributed by atoms with Crippen molar-refractivity contribution in [3.05, 3.63) is 93.3 Å². The lowest BCUT2D eigenvalue weighted by Crippen LogP contribution is -2.30. The lowest BCUT2D eigenvalue weighted by Gasteiger charge is -2.16. The van der Waals surface area contributed by atoms with Crippen LogP contribution in [0.5, 0.6) is 0 Å². The lowest BCUT2D eigenvalue weighted by atomic mass is 9.99. The van der Waals surface area contributed by atoms with Gasteiger partial charge in [-0.2, -0.15) is 5.26 Å². The smallest absolute Gasteiger partial charge is 0.265 e. The molecule has 2 aromatic carbocycles. The van der Waals surface area contributed by atoms with Crippen molar-refractivity contribution in [1.82, 2.24) is 14.9 Å². The Kier molecular flexibility index (Phi) is 5.85. The molecule has 0 amide bonds. The molecule has 2 N–H and O–H groups in total. The Hall–Kier alpha value is -3.85. The number of hydrogen-bond acceptors (Lipinski definition) is 5. The maximum absolute atomic E-state index is 13.3. The van der Waals surface area contributed by atoms with Gasteiger partial charge in [-0.25, -0.2) is 4.98 Å². The summed E-state index contributed by atoms with van der Waals surface area (Å²) in [6.07, 6.45) is 3.62. The summed E-state index contributed by atoms with van der Waals surface area (Å²) in [6, 6.07) is 17.6. The first-order chi connectivity index (χ1) is 15.1. The maximum atomic E-state index is 13.3. The third kappa shape index (κ3) is 4.08. The number of nitrogens with zero attached hydrogens (tertiary/aromatic N) is 3. The van der Waals surface area contributed by atoms with Gasteiger partial charge in [0, 0.05) is 25.6 Å². The third-order valence-corrected chi connectivity index (χ3v) is 5.45. The van der Waals surface area contributed by atoms with Gasteiger partial charge in [-0.3, -0.25) is 9.36 Å². The highest BCUT2D eigenvalue weighted by Crippen LogP contribution is 2.24. The SMILES string of the molecule is CCCc1nc2c(c(=O)n1Cc1ccc(-c3ccccc3C#N)cc1)C(O)=CNCC2. The molecule has 0 unspecified atom stereocenters. The fraction of sp³-hybridized carbons (Fsp3) is 0.240. The maximum Gasteiger partial charge on any atom is 0.265 e. The molecule has 1 aliphatic rings. The summed E-state index contributed by atoms with van der Waals surface area (Å²) >= 11 is 0. The summed E-state index contributed by atoms with van der Waals surface area (Å²) in [5, 5.41) is 22.7. The lowest BCUT2D eigenvalue weighted by molar-refractivity contribution is 0.504. The molecule has 0 aliphatic carbocycles. The monoisotopic (exact) mass is 412 g/mol. The Labute approximate surface area is 181 Å². The highest BCUT2D eigenvalue weighted by atomic mass is 16.3. The second-order valence-electron chi connectivity index (χ2n) is 7.58. The van der Waals surface area contributed by atoms with E-state index in [0.29, 0.717) is 37.2 Å². The van der Waals surface area contributed by atoms with Crippen LogP contribution < -0.4 is 10.9 Å². The zero-order chi connectivity index (χ0) is 21.8. The van der Waals surface area contributed by atoms with E-state index < -0.39 is 0 Å². The van der Waals surface area contributed by atoms with Gasteiger partial charge >= 0.3 is 0 Å². The zero-order valence-electron chi connectivity index (χ0n) is 17.4. The number of rotatable bonds is 5. The van der Waals surface area contributed by atoms with E-state index in [0.717, 1.165) is 28.9 Å².